The smallest absolute Gasteiger partial charge is 0.294 e. The van der Waals surface area contributed by atoms with Crippen molar-refractivity contribution in [1.29, 1.82) is 0 Å². The monoisotopic (exact) mass is 400 g/mol. The van der Waals surface area contributed by atoms with E-state index in [-0.39, 0.29) is 11.3 Å². The van der Waals surface area contributed by atoms with Gasteiger partial charge in [0.05, 0.1) is 11.3 Å². The number of nitro benzene ring substituents is 1. The molecule has 1 heterocycles. The number of hydrogen-bond acceptors (Lipinski definition) is 4. The third-order valence-corrected chi connectivity index (χ3v) is 4.15. The Labute approximate surface area is 151 Å². The zero-order chi connectivity index (χ0) is 18.0. The molecule has 0 bridgehead atoms. The third kappa shape index (κ3) is 3.58. The first-order chi connectivity index (χ1) is 12.0. The van der Waals surface area contributed by atoms with E-state index in [4.69, 9.17) is 0 Å². The Morgan fingerprint density at radius 3 is 2.72 bits per heavy atom. The zero-order valence-corrected chi connectivity index (χ0v) is 14.7. The predicted octanol–water partition coefficient (Wildman–Crippen LogP) is 4.10. The molecule has 0 fully saturated rings. The normalized spacial score (nSPS) is 10.5. The van der Waals surface area contributed by atoms with Crippen LogP contribution in [-0.4, -0.2) is 20.4 Å². The number of nitrogens with zero attached hydrogens (tertiary/aromatic N) is 3. The number of benzene rings is 2. The van der Waals surface area contributed by atoms with E-state index in [1.807, 2.05) is 19.1 Å². The summed E-state index contributed by atoms with van der Waals surface area (Å²) >= 11 is 3.36. The lowest BCUT2D eigenvalue weighted by Crippen LogP contribution is -2.13. The number of aryl methyl sites for hydroxylation is 1. The molecule has 0 saturated heterocycles. The van der Waals surface area contributed by atoms with E-state index < -0.39 is 10.8 Å². The quantitative estimate of drug-likeness (QED) is 0.527. The van der Waals surface area contributed by atoms with Crippen LogP contribution in [0, 0.1) is 17.0 Å². The first-order valence-corrected chi connectivity index (χ1v) is 8.09. The molecule has 2 aromatic carbocycles. The van der Waals surface area contributed by atoms with Gasteiger partial charge in [0.25, 0.3) is 11.6 Å². The number of carbonyl (C=O) groups excluding carboxylic acids is 1. The third-order valence-electron chi connectivity index (χ3n) is 3.65. The molecule has 3 rings (SSSR count). The Morgan fingerprint density at radius 2 is 2.08 bits per heavy atom. The highest BCUT2D eigenvalue weighted by Crippen LogP contribution is 2.25. The van der Waals surface area contributed by atoms with Crippen molar-refractivity contribution in [1.82, 2.24) is 9.55 Å². The Hall–Kier alpha value is -3.00. The van der Waals surface area contributed by atoms with Crippen LogP contribution in [0.15, 0.2) is 59.6 Å². The molecule has 0 atom stereocenters. The fraction of sp³-hybridized carbons (Fsp3) is 0.0588. The van der Waals surface area contributed by atoms with Crippen LogP contribution in [0.3, 0.4) is 0 Å². The van der Waals surface area contributed by atoms with E-state index in [1.54, 1.807) is 18.3 Å². The van der Waals surface area contributed by atoms with E-state index >= 15 is 0 Å². The molecule has 0 aliphatic heterocycles. The van der Waals surface area contributed by atoms with Crippen molar-refractivity contribution in [3.8, 4) is 5.69 Å². The summed E-state index contributed by atoms with van der Waals surface area (Å²) in [5, 5.41) is 14.1. The van der Waals surface area contributed by atoms with Gasteiger partial charge in [0.15, 0.2) is 0 Å². The maximum absolute atomic E-state index is 12.5. The number of aromatic nitrogens is 2. The lowest BCUT2D eigenvalue weighted by Gasteiger charge is -2.10. The Balaban J connectivity index is 1.93. The molecular formula is C17H13BrN4O3. The van der Waals surface area contributed by atoms with E-state index in [1.165, 1.54) is 29.2 Å². The predicted molar refractivity (Wildman–Crippen MR) is 97.1 cm³/mol. The SMILES string of the molecule is Cc1cc(Br)ccc1NC(=O)c1ccc(-n2ccnc2)c([N+](=O)[O-])c1. The first-order valence-electron chi connectivity index (χ1n) is 7.30. The average molecular weight is 401 g/mol. The molecule has 1 N–H and O–H groups in total. The number of amides is 1. The Bertz CT molecular complexity index is 955. The second-order valence-corrected chi connectivity index (χ2v) is 6.26. The maximum Gasteiger partial charge on any atom is 0.294 e. The van der Waals surface area contributed by atoms with E-state index in [0.717, 1.165) is 10.0 Å². The van der Waals surface area contributed by atoms with Crippen molar-refractivity contribution in [3.63, 3.8) is 0 Å². The summed E-state index contributed by atoms with van der Waals surface area (Å²) in [4.78, 5) is 27.2. The van der Waals surface area contributed by atoms with Crippen LogP contribution in [0.5, 0.6) is 0 Å². The summed E-state index contributed by atoms with van der Waals surface area (Å²) < 4.78 is 2.43. The lowest BCUT2D eigenvalue weighted by molar-refractivity contribution is -0.384. The summed E-state index contributed by atoms with van der Waals surface area (Å²) in [6.07, 6.45) is 4.60. The number of carbonyl (C=O) groups is 1. The summed E-state index contributed by atoms with van der Waals surface area (Å²) in [5.41, 5.74) is 1.91. The number of anilines is 1. The summed E-state index contributed by atoms with van der Waals surface area (Å²) in [6.45, 7) is 1.87. The first kappa shape index (κ1) is 16.8. The van der Waals surface area contributed by atoms with Crippen molar-refractivity contribution in [2.45, 2.75) is 6.92 Å². The van der Waals surface area contributed by atoms with Crippen LogP contribution in [0.2, 0.25) is 0 Å². The summed E-state index contributed by atoms with van der Waals surface area (Å²) in [5.74, 6) is -0.411. The van der Waals surface area contributed by atoms with Gasteiger partial charge in [-0.15, -0.1) is 0 Å². The number of halogens is 1. The molecule has 1 aromatic heterocycles. The molecule has 3 aromatic rings. The van der Waals surface area contributed by atoms with E-state index in [9.17, 15) is 14.9 Å². The maximum atomic E-state index is 12.5. The van der Waals surface area contributed by atoms with Crippen molar-refractivity contribution >= 4 is 33.2 Å². The molecule has 1 amide bonds. The minimum Gasteiger partial charge on any atom is -0.322 e. The molecular weight excluding hydrogens is 388 g/mol. The summed E-state index contributed by atoms with van der Waals surface area (Å²) in [6, 6.07) is 9.80. The molecule has 0 saturated carbocycles. The average Bonchev–Trinajstić information content (AvgIpc) is 3.11. The highest BCUT2D eigenvalue weighted by atomic mass is 79.9. The standard InChI is InChI=1S/C17H13BrN4O3/c1-11-8-13(18)3-4-14(11)20-17(23)12-2-5-15(16(9-12)22(24)25)21-7-6-19-10-21/h2-10H,1H3,(H,20,23). The molecule has 0 aliphatic rings. The van der Waals surface area contributed by atoms with Crippen LogP contribution < -0.4 is 5.32 Å². The van der Waals surface area contributed by atoms with Gasteiger partial charge in [-0.3, -0.25) is 14.9 Å². The van der Waals surface area contributed by atoms with Crippen LogP contribution in [0.1, 0.15) is 15.9 Å². The molecule has 8 heteroatoms. The second-order valence-electron chi connectivity index (χ2n) is 5.34. The molecule has 0 radical (unpaired) electrons. The molecule has 7 nitrogen and oxygen atoms in total. The number of nitro groups is 1. The van der Waals surface area contributed by atoms with Gasteiger partial charge in [-0.2, -0.15) is 0 Å². The Morgan fingerprint density at radius 1 is 1.28 bits per heavy atom. The van der Waals surface area contributed by atoms with Gasteiger partial charge in [-0.1, -0.05) is 15.9 Å². The summed E-state index contributed by atoms with van der Waals surface area (Å²) in [7, 11) is 0. The van der Waals surface area contributed by atoms with Gasteiger partial charge in [0, 0.05) is 34.2 Å². The largest absolute Gasteiger partial charge is 0.322 e. The fourth-order valence-electron chi connectivity index (χ4n) is 2.39. The van der Waals surface area contributed by atoms with Crippen molar-refractivity contribution < 1.29 is 9.72 Å². The van der Waals surface area contributed by atoms with Crippen LogP contribution in [0.25, 0.3) is 5.69 Å². The van der Waals surface area contributed by atoms with Gasteiger partial charge in [-0.05, 0) is 42.8 Å². The minimum atomic E-state index is -0.517. The minimum absolute atomic E-state index is 0.168. The van der Waals surface area contributed by atoms with Crippen LogP contribution >= 0.6 is 15.9 Å². The molecule has 0 aliphatic carbocycles. The van der Waals surface area contributed by atoms with Crippen LogP contribution in [0.4, 0.5) is 11.4 Å². The number of imidazole rings is 1. The van der Waals surface area contributed by atoms with Crippen LogP contribution in [-0.2, 0) is 0 Å². The number of hydrogen-bond donors (Lipinski definition) is 1. The Kier molecular flexibility index (Phi) is 4.62. The van der Waals surface area contributed by atoms with Crippen molar-refractivity contribution in [3.05, 3.63) is 80.8 Å². The lowest BCUT2D eigenvalue weighted by atomic mass is 10.1. The van der Waals surface area contributed by atoms with Gasteiger partial charge in [0.2, 0.25) is 0 Å². The highest BCUT2D eigenvalue weighted by Gasteiger charge is 2.19. The second kappa shape index (κ2) is 6.86. The highest BCUT2D eigenvalue weighted by molar-refractivity contribution is 9.10. The molecule has 126 valence electrons. The van der Waals surface area contributed by atoms with Crippen molar-refractivity contribution in [2.75, 3.05) is 5.32 Å². The van der Waals surface area contributed by atoms with Gasteiger partial charge in [0.1, 0.15) is 5.69 Å². The van der Waals surface area contributed by atoms with Crippen molar-refractivity contribution in [2.24, 2.45) is 0 Å². The number of rotatable bonds is 4. The van der Waals surface area contributed by atoms with Gasteiger partial charge >= 0.3 is 0 Å². The van der Waals surface area contributed by atoms with E-state index in [0.29, 0.717) is 11.4 Å². The fourth-order valence-corrected chi connectivity index (χ4v) is 2.87. The molecule has 0 unspecified atom stereocenters. The molecule has 0 spiro atoms. The molecule has 25 heavy (non-hydrogen) atoms. The van der Waals surface area contributed by atoms with Gasteiger partial charge in [-0.25, -0.2) is 4.98 Å². The van der Waals surface area contributed by atoms with Gasteiger partial charge < -0.3 is 9.88 Å². The topological polar surface area (TPSA) is 90.1 Å². The zero-order valence-electron chi connectivity index (χ0n) is 13.1. The van der Waals surface area contributed by atoms with E-state index in [2.05, 4.69) is 26.2 Å². The number of nitrogens with one attached hydrogen (secondary N) is 1.